The van der Waals surface area contributed by atoms with Crippen molar-refractivity contribution in [2.45, 2.75) is 19.9 Å². The molecule has 2 heterocycles. The SMILES string of the molecule is CCN(C)C(=O)Cn1c(CCCl)nc2cccnc21. The Morgan fingerprint density at radius 1 is 1.53 bits per heavy atom. The molecule has 0 spiro atoms. The van der Waals surface area contributed by atoms with Gasteiger partial charge in [-0.05, 0) is 19.1 Å². The number of hydrogen-bond donors (Lipinski definition) is 0. The van der Waals surface area contributed by atoms with Crippen molar-refractivity contribution >= 4 is 28.7 Å². The molecule has 0 unspecified atom stereocenters. The van der Waals surface area contributed by atoms with Crippen molar-refractivity contribution in [2.75, 3.05) is 19.5 Å². The molecule has 0 bridgehead atoms. The van der Waals surface area contributed by atoms with Crippen LogP contribution in [0.15, 0.2) is 18.3 Å². The Morgan fingerprint density at radius 3 is 3.00 bits per heavy atom. The van der Waals surface area contributed by atoms with Crippen molar-refractivity contribution in [3.63, 3.8) is 0 Å². The number of nitrogens with zero attached hydrogens (tertiary/aromatic N) is 4. The van der Waals surface area contributed by atoms with Gasteiger partial charge in [0, 0.05) is 32.1 Å². The number of rotatable bonds is 5. The molecule has 0 aliphatic heterocycles. The molecule has 102 valence electrons. The second-order valence-electron chi connectivity index (χ2n) is 4.31. The number of aromatic nitrogens is 3. The number of halogens is 1. The first-order valence-corrected chi connectivity index (χ1v) is 6.80. The van der Waals surface area contributed by atoms with E-state index in [0.717, 1.165) is 17.0 Å². The van der Waals surface area contributed by atoms with Crippen LogP contribution in [0.25, 0.3) is 11.2 Å². The van der Waals surface area contributed by atoms with Crippen LogP contribution in [0.5, 0.6) is 0 Å². The van der Waals surface area contributed by atoms with Gasteiger partial charge in [0.05, 0.1) is 0 Å². The van der Waals surface area contributed by atoms with Crippen molar-refractivity contribution in [2.24, 2.45) is 0 Å². The van der Waals surface area contributed by atoms with Crippen molar-refractivity contribution < 1.29 is 4.79 Å². The molecule has 0 atom stereocenters. The van der Waals surface area contributed by atoms with E-state index in [1.54, 1.807) is 18.1 Å². The zero-order valence-corrected chi connectivity index (χ0v) is 11.9. The zero-order valence-electron chi connectivity index (χ0n) is 11.1. The monoisotopic (exact) mass is 280 g/mol. The first-order chi connectivity index (χ1) is 9.17. The summed E-state index contributed by atoms with van der Waals surface area (Å²) in [5, 5.41) is 0. The van der Waals surface area contributed by atoms with Crippen molar-refractivity contribution in [3.05, 3.63) is 24.2 Å². The number of likely N-dealkylation sites (N-methyl/N-ethyl adjacent to an activating group) is 1. The minimum absolute atomic E-state index is 0.0447. The van der Waals surface area contributed by atoms with Gasteiger partial charge < -0.3 is 9.47 Å². The molecule has 19 heavy (non-hydrogen) atoms. The maximum atomic E-state index is 12.1. The van der Waals surface area contributed by atoms with E-state index >= 15 is 0 Å². The molecule has 0 radical (unpaired) electrons. The van der Waals surface area contributed by atoms with Crippen LogP contribution >= 0.6 is 11.6 Å². The lowest BCUT2D eigenvalue weighted by Gasteiger charge is -2.15. The van der Waals surface area contributed by atoms with Gasteiger partial charge in [-0.1, -0.05) is 0 Å². The van der Waals surface area contributed by atoms with E-state index < -0.39 is 0 Å². The first kappa shape index (κ1) is 13.8. The number of amides is 1. The molecule has 2 aromatic rings. The van der Waals surface area contributed by atoms with Crippen LogP contribution in [0, 0.1) is 0 Å². The van der Waals surface area contributed by atoms with Gasteiger partial charge in [-0.25, -0.2) is 9.97 Å². The number of aryl methyl sites for hydroxylation is 1. The van der Waals surface area contributed by atoms with Gasteiger partial charge in [0.15, 0.2) is 5.65 Å². The predicted molar refractivity (Wildman–Crippen MR) is 75.3 cm³/mol. The van der Waals surface area contributed by atoms with Crippen LogP contribution in [0.4, 0.5) is 0 Å². The Hall–Kier alpha value is -1.62. The molecule has 2 rings (SSSR count). The molecular weight excluding hydrogens is 264 g/mol. The third kappa shape index (κ3) is 2.87. The summed E-state index contributed by atoms with van der Waals surface area (Å²) in [6.07, 6.45) is 2.33. The lowest BCUT2D eigenvalue weighted by Crippen LogP contribution is -2.30. The molecule has 0 aliphatic carbocycles. The van der Waals surface area contributed by atoms with Crippen molar-refractivity contribution in [1.82, 2.24) is 19.4 Å². The average Bonchev–Trinajstić information content (AvgIpc) is 2.76. The Kier molecular flexibility index (Phi) is 4.37. The molecule has 0 aromatic carbocycles. The van der Waals surface area contributed by atoms with Crippen LogP contribution < -0.4 is 0 Å². The fourth-order valence-electron chi connectivity index (χ4n) is 1.88. The summed E-state index contributed by atoms with van der Waals surface area (Å²) in [5.74, 6) is 1.33. The number of carbonyl (C=O) groups excluding carboxylic acids is 1. The number of alkyl halides is 1. The first-order valence-electron chi connectivity index (χ1n) is 6.27. The van der Waals surface area contributed by atoms with Crippen molar-refractivity contribution in [1.29, 1.82) is 0 Å². The van der Waals surface area contributed by atoms with Crippen LogP contribution in [-0.4, -0.2) is 44.8 Å². The maximum Gasteiger partial charge on any atom is 0.242 e. The predicted octanol–water partition coefficient (Wildman–Crippen LogP) is 1.69. The van der Waals surface area contributed by atoms with E-state index in [2.05, 4.69) is 9.97 Å². The molecular formula is C13H17ClN4O. The number of fused-ring (bicyclic) bond motifs is 1. The molecule has 6 heteroatoms. The minimum Gasteiger partial charge on any atom is -0.344 e. The highest BCUT2D eigenvalue weighted by Gasteiger charge is 2.15. The van der Waals surface area contributed by atoms with E-state index in [1.807, 2.05) is 23.6 Å². The normalized spacial score (nSPS) is 10.9. The zero-order chi connectivity index (χ0) is 13.8. The summed E-state index contributed by atoms with van der Waals surface area (Å²) >= 11 is 5.79. The van der Waals surface area contributed by atoms with E-state index in [1.165, 1.54) is 0 Å². The van der Waals surface area contributed by atoms with Gasteiger partial charge in [-0.15, -0.1) is 11.6 Å². The van der Waals surface area contributed by atoms with Gasteiger partial charge >= 0.3 is 0 Å². The van der Waals surface area contributed by atoms with Gasteiger partial charge in [0.25, 0.3) is 0 Å². The summed E-state index contributed by atoms with van der Waals surface area (Å²) in [4.78, 5) is 22.5. The second-order valence-corrected chi connectivity index (χ2v) is 4.69. The molecule has 0 aliphatic rings. The highest BCUT2D eigenvalue weighted by molar-refractivity contribution is 6.17. The fourth-order valence-corrected chi connectivity index (χ4v) is 2.05. The lowest BCUT2D eigenvalue weighted by molar-refractivity contribution is -0.130. The van der Waals surface area contributed by atoms with E-state index in [-0.39, 0.29) is 12.5 Å². The molecule has 0 saturated heterocycles. The molecule has 0 N–H and O–H groups in total. The Balaban J connectivity index is 2.38. The topological polar surface area (TPSA) is 51.0 Å². The summed E-state index contributed by atoms with van der Waals surface area (Å²) in [7, 11) is 1.79. The largest absolute Gasteiger partial charge is 0.344 e. The van der Waals surface area contributed by atoms with E-state index in [9.17, 15) is 4.79 Å². The van der Waals surface area contributed by atoms with Crippen LogP contribution in [-0.2, 0) is 17.8 Å². The standard InChI is InChI=1S/C13H17ClN4O/c1-3-17(2)12(19)9-18-11(6-7-14)16-10-5-4-8-15-13(10)18/h4-5,8H,3,6-7,9H2,1-2H3. The summed E-state index contributed by atoms with van der Waals surface area (Å²) < 4.78 is 1.85. The molecule has 5 nitrogen and oxygen atoms in total. The van der Waals surface area contributed by atoms with Gasteiger partial charge in [-0.3, -0.25) is 4.79 Å². The Morgan fingerprint density at radius 2 is 2.32 bits per heavy atom. The second kappa shape index (κ2) is 6.02. The maximum absolute atomic E-state index is 12.1. The smallest absolute Gasteiger partial charge is 0.242 e. The highest BCUT2D eigenvalue weighted by atomic mass is 35.5. The number of hydrogen-bond acceptors (Lipinski definition) is 3. The molecule has 2 aromatic heterocycles. The molecule has 0 saturated carbocycles. The Labute approximate surface area is 117 Å². The van der Waals surface area contributed by atoms with Crippen LogP contribution in [0.1, 0.15) is 12.7 Å². The highest BCUT2D eigenvalue weighted by Crippen LogP contribution is 2.14. The Bertz CT molecular complexity index is 581. The van der Waals surface area contributed by atoms with Crippen molar-refractivity contribution in [3.8, 4) is 0 Å². The number of imidazole rings is 1. The molecule has 1 amide bonds. The third-order valence-electron chi connectivity index (χ3n) is 3.09. The lowest BCUT2D eigenvalue weighted by atomic mass is 10.4. The summed E-state index contributed by atoms with van der Waals surface area (Å²) in [6, 6.07) is 3.73. The number of pyridine rings is 1. The number of carbonyl (C=O) groups is 1. The van der Waals surface area contributed by atoms with Crippen LogP contribution in [0.3, 0.4) is 0 Å². The van der Waals surface area contributed by atoms with E-state index in [4.69, 9.17) is 11.6 Å². The van der Waals surface area contributed by atoms with Crippen LogP contribution in [0.2, 0.25) is 0 Å². The minimum atomic E-state index is 0.0447. The average molecular weight is 281 g/mol. The van der Waals surface area contributed by atoms with Gasteiger partial charge in [-0.2, -0.15) is 0 Å². The van der Waals surface area contributed by atoms with E-state index in [0.29, 0.717) is 18.8 Å². The fraction of sp³-hybridized carbons (Fsp3) is 0.462. The quantitative estimate of drug-likeness (QED) is 0.783. The van der Waals surface area contributed by atoms with Gasteiger partial charge in [0.2, 0.25) is 5.91 Å². The summed E-state index contributed by atoms with van der Waals surface area (Å²) in [6.45, 7) is 2.88. The third-order valence-corrected chi connectivity index (χ3v) is 3.28. The molecule has 0 fully saturated rings. The van der Waals surface area contributed by atoms with Gasteiger partial charge in [0.1, 0.15) is 17.9 Å². The summed E-state index contributed by atoms with van der Waals surface area (Å²) in [5.41, 5.74) is 1.54.